The van der Waals surface area contributed by atoms with Crippen molar-refractivity contribution in [1.29, 1.82) is 0 Å². The first-order chi connectivity index (χ1) is 10.1. The van der Waals surface area contributed by atoms with E-state index in [0.717, 1.165) is 29.7 Å². The van der Waals surface area contributed by atoms with E-state index in [0.29, 0.717) is 12.5 Å². The minimum Gasteiger partial charge on any atom is -0.330 e. The zero-order valence-corrected chi connectivity index (χ0v) is 13.9. The van der Waals surface area contributed by atoms with Gasteiger partial charge < -0.3 is 10.3 Å². The number of hydrogen-bond acceptors (Lipinski definition) is 4. The maximum atomic E-state index is 5.66. The van der Waals surface area contributed by atoms with Crippen molar-refractivity contribution in [2.24, 2.45) is 11.7 Å². The van der Waals surface area contributed by atoms with Gasteiger partial charge in [-0.1, -0.05) is 55.4 Å². The van der Waals surface area contributed by atoms with Crippen LogP contribution >= 0.6 is 11.8 Å². The molecule has 0 amide bonds. The van der Waals surface area contributed by atoms with Gasteiger partial charge in [-0.05, 0) is 24.9 Å². The Morgan fingerprint density at radius 3 is 2.76 bits per heavy atom. The molecule has 1 aromatic carbocycles. The van der Waals surface area contributed by atoms with E-state index in [1.807, 2.05) is 0 Å². The van der Waals surface area contributed by atoms with Crippen molar-refractivity contribution in [3.63, 3.8) is 0 Å². The van der Waals surface area contributed by atoms with Crippen LogP contribution in [0.3, 0.4) is 0 Å². The summed E-state index contributed by atoms with van der Waals surface area (Å²) in [5, 5.41) is 9.64. The van der Waals surface area contributed by atoms with Crippen LogP contribution in [0, 0.1) is 12.8 Å². The molecule has 0 aliphatic rings. The summed E-state index contributed by atoms with van der Waals surface area (Å²) < 4.78 is 2.22. The summed E-state index contributed by atoms with van der Waals surface area (Å²) in [5.41, 5.74) is 8.27. The molecule has 21 heavy (non-hydrogen) atoms. The molecule has 0 spiro atoms. The molecular formula is C16H24N4S. The topological polar surface area (TPSA) is 56.7 Å². The van der Waals surface area contributed by atoms with Gasteiger partial charge in [-0.2, -0.15) is 0 Å². The van der Waals surface area contributed by atoms with Crippen molar-refractivity contribution in [2.75, 3.05) is 6.54 Å². The highest BCUT2D eigenvalue weighted by Crippen LogP contribution is 2.23. The Balaban J connectivity index is 2.11. The number of thioether (sulfide) groups is 1. The Morgan fingerprint density at radius 1 is 1.29 bits per heavy atom. The van der Waals surface area contributed by atoms with Crippen molar-refractivity contribution in [1.82, 2.24) is 14.8 Å². The second kappa shape index (κ2) is 7.61. The first-order valence-corrected chi connectivity index (χ1v) is 8.39. The van der Waals surface area contributed by atoms with Crippen LogP contribution in [0.4, 0.5) is 0 Å². The molecule has 1 aromatic heterocycles. The molecule has 5 heteroatoms. The van der Waals surface area contributed by atoms with Gasteiger partial charge in [-0.3, -0.25) is 0 Å². The lowest BCUT2D eigenvalue weighted by atomic mass is 10.2. The zero-order chi connectivity index (χ0) is 15.2. The summed E-state index contributed by atoms with van der Waals surface area (Å²) in [5.74, 6) is 2.48. The predicted molar refractivity (Wildman–Crippen MR) is 88.4 cm³/mol. The molecule has 2 N–H and O–H groups in total. The van der Waals surface area contributed by atoms with E-state index >= 15 is 0 Å². The van der Waals surface area contributed by atoms with Crippen molar-refractivity contribution in [3.05, 3.63) is 41.2 Å². The predicted octanol–water partition coefficient (Wildman–Crippen LogP) is 3.04. The van der Waals surface area contributed by atoms with Crippen molar-refractivity contribution >= 4 is 11.8 Å². The molecule has 4 nitrogen and oxygen atoms in total. The van der Waals surface area contributed by atoms with Crippen LogP contribution in [0.25, 0.3) is 0 Å². The monoisotopic (exact) mass is 304 g/mol. The van der Waals surface area contributed by atoms with Gasteiger partial charge in [0.1, 0.15) is 5.82 Å². The molecule has 0 radical (unpaired) electrons. The fraction of sp³-hybridized carbons (Fsp3) is 0.500. The standard InChI is InChI=1S/C16H24N4S/c1-12(2)10-20-15(7-8-17)18-19-16(20)21-11-14-6-4-5-13(3)9-14/h4-6,9,12H,7-8,10-11,17H2,1-3H3. The zero-order valence-electron chi connectivity index (χ0n) is 13.0. The van der Waals surface area contributed by atoms with Crippen LogP contribution < -0.4 is 5.73 Å². The third-order valence-corrected chi connectivity index (χ3v) is 4.20. The highest BCUT2D eigenvalue weighted by Gasteiger charge is 2.13. The molecule has 0 saturated heterocycles. The van der Waals surface area contributed by atoms with Gasteiger partial charge in [0, 0.05) is 18.7 Å². The van der Waals surface area contributed by atoms with Gasteiger partial charge in [-0.25, -0.2) is 0 Å². The van der Waals surface area contributed by atoms with E-state index in [9.17, 15) is 0 Å². The summed E-state index contributed by atoms with van der Waals surface area (Å²) in [4.78, 5) is 0. The second-order valence-electron chi connectivity index (χ2n) is 5.72. The van der Waals surface area contributed by atoms with Crippen LogP contribution in [0.5, 0.6) is 0 Å². The minimum atomic E-state index is 0.566. The number of aromatic nitrogens is 3. The van der Waals surface area contributed by atoms with Crippen LogP contribution in [-0.2, 0) is 18.7 Å². The first-order valence-electron chi connectivity index (χ1n) is 7.40. The summed E-state index contributed by atoms with van der Waals surface area (Å²) in [6.07, 6.45) is 0.782. The maximum absolute atomic E-state index is 5.66. The van der Waals surface area contributed by atoms with E-state index in [1.54, 1.807) is 11.8 Å². The quantitative estimate of drug-likeness (QED) is 0.799. The van der Waals surface area contributed by atoms with E-state index in [1.165, 1.54) is 11.1 Å². The Morgan fingerprint density at radius 2 is 2.10 bits per heavy atom. The van der Waals surface area contributed by atoms with Gasteiger partial charge in [-0.15, -0.1) is 10.2 Å². The summed E-state index contributed by atoms with van der Waals surface area (Å²) in [7, 11) is 0. The van der Waals surface area contributed by atoms with E-state index in [-0.39, 0.29) is 0 Å². The number of nitrogens with two attached hydrogens (primary N) is 1. The summed E-state index contributed by atoms with van der Waals surface area (Å²) in [6.45, 7) is 8.09. The molecule has 0 bridgehead atoms. The van der Waals surface area contributed by atoms with Gasteiger partial charge in [0.2, 0.25) is 0 Å². The van der Waals surface area contributed by atoms with Crippen molar-refractivity contribution in [2.45, 2.75) is 44.6 Å². The van der Waals surface area contributed by atoms with Gasteiger partial charge in [0.15, 0.2) is 5.16 Å². The number of hydrogen-bond donors (Lipinski definition) is 1. The normalized spacial score (nSPS) is 11.3. The Kier molecular flexibility index (Phi) is 5.82. The van der Waals surface area contributed by atoms with E-state index < -0.39 is 0 Å². The molecule has 0 aliphatic heterocycles. The molecule has 114 valence electrons. The molecule has 0 aliphatic carbocycles. The first kappa shape index (κ1) is 16.0. The average molecular weight is 304 g/mol. The van der Waals surface area contributed by atoms with Gasteiger partial charge in [0.05, 0.1) is 0 Å². The molecule has 1 heterocycles. The molecule has 0 fully saturated rings. The summed E-state index contributed by atoms with van der Waals surface area (Å²) in [6, 6.07) is 8.60. The number of benzene rings is 1. The molecule has 2 aromatic rings. The smallest absolute Gasteiger partial charge is 0.191 e. The second-order valence-corrected chi connectivity index (χ2v) is 6.66. The lowest BCUT2D eigenvalue weighted by Gasteiger charge is -2.12. The molecule has 2 rings (SSSR count). The highest BCUT2D eigenvalue weighted by molar-refractivity contribution is 7.98. The highest BCUT2D eigenvalue weighted by atomic mass is 32.2. The van der Waals surface area contributed by atoms with Crippen molar-refractivity contribution in [3.8, 4) is 0 Å². The molecular weight excluding hydrogens is 280 g/mol. The molecule has 0 unspecified atom stereocenters. The number of aryl methyl sites for hydroxylation is 1. The lowest BCUT2D eigenvalue weighted by Crippen LogP contribution is -2.13. The minimum absolute atomic E-state index is 0.566. The van der Waals surface area contributed by atoms with Gasteiger partial charge >= 0.3 is 0 Å². The van der Waals surface area contributed by atoms with Crippen LogP contribution in [-0.4, -0.2) is 21.3 Å². The molecule has 0 saturated carbocycles. The van der Waals surface area contributed by atoms with E-state index in [4.69, 9.17) is 5.73 Å². The lowest BCUT2D eigenvalue weighted by molar-refractivity contribution is 0.479. The average Bonchev–Trinajstić information content (AvgIpc) is 2.79. The van der Waals surface area contributed by atoms with Crippen molar-refractivity contribution < 1.29 is 0 Å². The van der Waals surface area contributed by atoms with Crippen LogP contribution in [0.1, 0.15) is 30.8 Å². The van der Waals surface area contributed by atoms with Crippen LogP contribution in [0.2, 0.25) is 0 Å². The fourth-order valence-electron chi connectivity index (χ4n) is 2.24. The largest absolute Gasteiger partial charge is 0.330 e. The number of nitrogens with zero attached hydrogens (tertiary/aromatic N) is 3. The Hall–Kier alpha value is -1.33. The van der Waals surface area contributed by atoms with Crippen LogP contribution in [0.15, 0.2) is 29.4 Å². The Labute approximate surface area is 131 Å². The molecule has 0 atom stereocenters. The summed E-state index contributed by atoms with van der Waals surface area (Å²) >= 11 is 1.75. The Bertz CT molecular complexity index is 577. The fourth-order valence-corrected chi connectivity index (χ4v) is 3.15. The third-order valence-electron chi connectivity index (χ3n) is 3.16. The van der Waals surface area contributed by atoms with Gasteiger partial charge in [0.25, 0.3) is 0 Å². The SMILES string of the molecule is Cc1cccc(CSc2nnc(CCN)n2CC(C)C)c1. The maximum Gasteiger partial charge on any atom is 0.191 e. The van der Waals surface area contributed by atoms with E-state index in [2.05, 4.69) is 59.8 Å². The third kappa shape index (κ3) is 4.58. The number of rotatable bonds is 7.